The Kier molecular flexibility index (Phi) is 7.93. The van der Waals surface area contributed by atoms with Gasteiger partial charge in [0.1, 0.15) is 0 Å². The summed E-state index contributed by atoms with van der Waals surface area (Å²) in [4.78, 5) is 33.2. The third kappa shape index (κ3) is 6.24. The number of fused-ring (bicyclic) bond motifs is 1. The molecule has 1 aromatic carbocycles. The molecule has 8 heteroatoms. The van der Waals surface area contributed by atoms with Gasteiger partial charge in [-0.2, -0.15) is 0 Å². The van der Waals surface area contributed by atoms with Gasteiger partial charge in [0, 0.05) is 50.6 Å². The molecule has 4 heterocycles. The fourth-order valence-corrected chi connectivity index (χ4v) is 5.42. The van der Waals surface area contributed by atoms with Crippen LogP contribution >= 0.6 is 0 Å². The molecule has 1 aromatic heterocycles. The standard InChI is InChI=1S/C29H38N4O4/c1-20(2)37-29(35)33-13-9-21(10-14-33)19-36-27-8-7-24(17-31-27)22-5-6-23-16-26(30-18-25(23)15-22)28(34)32-11-3-4-12-32/h5-8,15,17,20-21,26,30H,3-4,9-14,16,18-19H2,1-2H3. The molecule has 0 bridgehead atoms. The molecular formula is C29H38N4O4. The van der Waals surface area contributed by atoms with Crippen molar-refractivity contribution >= 4 is 12.0 Å². The maximum Gasteiger partial charge on any atom is 0.410 e. The lowest BCUT2D eigenvalue weighted by Gasteiger charge is -2.31. The molecule has 0 radical (unpaired) electrons. The summed E-state index contributed by atoms with van der Waals surface area (Å²) in [5.41, 5.74) is 4.65. The quantitative estimate of drug-likeness (QED) is 0.637. The van der Waals surface area contributed by atoms with Gasteiger partial charge in [0.15, 0.2) is 0 Å². The van der Waals surface area contributed by atoms with Crippen molar-refractivity contribution in [3.63, 3.8) is 0 Å². The van der Waals surface area contributed by atoms with Gasteiger partial charge in [-0.1, -0.05) is 12.1 Å². The molecule has 1 unspecified atom stereocenters. The Morgan fingerprint density at radius 2 is 1.76 bits per heavy atom. The Hall–Kier alpha value is -3.13. The molecule has 8 nitrogen and oxygen atoms in total. The van der Waals surface area contributed by atoms with E-state index < -0.39 is 0 Å². The number of aromatic nitrogens is 1. The van der Waals surface area contributed by atoms with Gasteiger partial charge in [-0.3, -0.25) is 4.79 Å². The lowest BCUT2D eigenvalue weighted by Crippen LogP contribution is -2.48. The summed E-state index contributed by atoms with van der Waals surface area (Å²) >= 11 is 0. The second-order valence-corrected chi connectivity index (χ2v) is 10.7. The van der Waals surface area contributed by atoms with Gasteiger partial charge in [0.05, 0.1) is 18.8 Å². The van der Waals surface area contributed by atoms with Crippen molar-refractivity contribution < 1.29 is 19.1 Å². The van der Waals surface area contributed by atoms with E-state index in [0.29, 0.717) is 38.0 Å². The minimum Gasteiger partial charge on any atom is -0.477 e. The predicted octanol–water partition coefficient (Wildman–Crippen LogP) is 4.02. The molecule has 5 rings (SSSR count). The first-order valence-corrected chi connectivity index (χ1v) is 13.6. The average Bonchev–Trinajstić information content (AvgIpc) is 3.46. The number of nitrogens with one attached hydrogen (secondary N) is 1. The van der Waals surface area contributed by atoms with Crippen LogP contribution in [-0.2, 0) is 22.5 Å². The Balaban J connectivity index is 1.12. The molecule has 0 saturated carbocycles. The van der Waals surface area contributed by atoms with Gasteiger partial charge in [-0.05, 0) is 80.7 Å². The van der Waals surface area contributed by atoms with Gasteiger partial charge >= 0.3 is 6.09 Å². The molecule has 198 valence electrons. The van der Waals surface area contributed by atoms with Crippen molar-refractivity contribution in [3.8, 4) is 17.0 Å². The van der Waals surface area contributed by atoms with Crippen LogP contribution in [-0.4, -0.2) is 71.7 Å². The Morgan fingerprint density at radius 1 is 1.00 bits per heavy atom. The van der Waals surface area contributed by atoms with E-state index in [1.54, 1.807) is 4.90 Å². The van der Waals surface area contributed by atoms with Gasteiger partial charge in [0.2, 0.25) is 11.8 Å². The molecule has 3 aliphatic rings. The first-order valence-electron chi connectivity index (χ1n) is 13.6. The number of ether oxygens (including phenoxy) is 2. The highest BCUT2D eigenvalue weighted by Gasteiger charge is 2.29. The summed E-state index contributed by atoms with van der Waals surface area (Å²) in [7, 11) is 0. The highest BCUT2D eigenvalue weighted by Crippen LogP contribution is 2.27. The first-order chi connectivity index (χ1) is 18.0. The maximum atomic E-state index is 12.8. The number of hydrogen-bond donors (Lipinski definition) is 1. The molecule has 3 aliphatic heterocycles. The number of carbonyl (C=O) groups is 2. The van der Waals surface area contributed by atoms with E-state index in [0.717, 1.165) is 56.3 Å². The molecule has 0 aliphatic carbocycles. The summed E-state index contributed by atoms with van der Waals surface area (Å²) in [5, 5.41) is 3.45. The summed E-state index contributed by atoms with van der Waals surface area (Å²) in [5.74, 6) is 1.26. The number of pyridine rings is 1. The molecule has 0 spiro atoms. The van der Waals surface area contributed by atoms with E-state index >= 15 is 0 Å². The van der Waals surface area contributed by atoms with Gasteiger partial charge < -0.3 is 24.6 Å². The summed E-state index contributed by atoms with van der Waals surface area (Å²) in [6.07, 6.45) is 6.32. The second-order valence-electron chi connectivity index (χ2n) is 10.7. The van der Waals surface area contributed by atoms with Crippen molar-refractivity contribution in [1.82, 2.24) is 20.1 Å². The van der Waals surface area contributed by atoms with E-state index in [1.807, 2.05) is 37.1 Å². The fourth-order valence-electron chi connectivity index (χ4n) is 5.42. The Bertz CT molecular complexity index is 1090. The zero-order chi connectivity index (χ0) is 25.8. The second kappa shape index (κ2) is 11.5. The van der Waals surface area contributed by atoms with E-state index in [-0.39, 0.29) is 24.1 Å². The van der Waals surface area contributed by atoms with Crippen LogP contribution < -0.4 is 10.1 Å². The normalized spacial score (nSPS) is 20.1. The van der Waals surface area contributed by atoms with E-state index in [9.17, 15) is 9.59 Å². The molecule has 1 N–H and O–H groups in total. The molecule has 2 amide bonds. The minimum absolute atomic E-state index is 0.0942. The van der Waals surface area contributed by atoms with E-state index in [2.05, 4.69) is 28.5 Å². The molecule has 37 heavy (non-hydrogen) atoms. The highest BCUT2D eigenvalue weighted by molar-refractivity contribution is 5.83. The number of carbonyl (C=O) groups excluding carboxylic acids is 2. The largest absolute Gasteiger partial charge is 0.477 e. The van der Waals surface area contributed by atoms with Crippen LogP contribution in [0.2, 0.25) is 0 Å². The summed E-state index contributed by atoms with van der Waals surface area (Å²) in [6.45, 7) is 8.23. The maximum absolute atomic E-state index is 12.8. The monoisotopic (exact) mass is 506 g/mol. The van der Waals surface area contributed by atoms with Gasteiger partial charge in [0.25, 0.3) is 0 Å². The molecule has 2 aromatic rings. The van der Waals surface area contributed by atoms with Crippen LogP contribution in [0.15, 0.2) is 36.5 Å². The Labute approximate surface area is 219 Å². The van der Waals surface area contributed by atoms with Crippen molar-refractivity contribution in [3.05, 3.63) is 47.7 Å². The van der Waals surface area contributed by atoms with Crippen molar-refractivity contribution in [1.29, 1.82) is 0 Å². The molecule has 1 atom stereocenters. The number of nitrogens with zero attached hydrogens (tertiary/aromatic N) is 3. The number of rotatable bonds is 6. The summed E-state index contributed by atoms with van der Waals surface area (Å²) < 4.78 is 11.3. The van der Waals surface area contributed by atoms with Crippen LogP contribution in [0.4, 0.5) is 4.79 Å². The van der Waals surface area contributed by atoms with Crippen molar-refractivity contribution in [2.45, 2.75) is 64.6 Å². The number of piperidine rings is 1. The first kappa shape index (κ1) is 25.5. The van der Waals surface area contributed by atoms with Gasteiger partial charge in [-0.15, -0.1) is 0 Å². The SMILES string of the molecule is CC(C)OC(=O)N1CCC(COc2ccc(-c3ccc4c(c3)CNC(C(=O)N3CCCC3)C4)cn2)CC1. The zero-order valence-electron chi connectivity index (χ0n) is 21.9. The van der Waals surface area contributed by atoms with Crippen LogP contribution in [0.1, 0.15) is 50.7 Å². The van der Waals surface area contributed by atoms with Crippen LogP contribution in [0.25, 0.3) is 11.1 Å². The lowest BCUT2D eigenvalue weighted by atomic mass is 9.92. The van der Waals surface area contributed by atoms with E-state index in [1.165, 1.54) is 11.1 Å². The van der Waals surface area contributed by atoms with Crippen molar-refractivity contribution in [2.24, 2.45) is 5.92 Å². The minimum atomic E-state index is -0.222. The number of hydrogen-bond acceptors (Lipinski definition) is 6. The number of benzene rings is 1. The van der Waals surface area contributed by atoms with Crippen LogP contribution in [0, 0.1) is 5.92 Å². The van der Waals surface area contributed by atoms with E-state index in [4.69, 9.17) is 9.47 Å². The fraction of sp³-hybridized carbons (Fsp3) is 0.552. The number of amides is 2. The number of likely N-dealkylation sites (tertiary alicyclic amines) is 2. The third-order valence-corrected chi connectivity index (χ3v) is 7.63. The third-order valence-electron chi connectivity index (χ3n) is 7.63. The predicted molar refractivity (Wildman–Crippen MR) is 141 cm³/mol. The van der Waals surface area contributed by atoms with Gasteiger partial charge in [-0.25, -0.2) is 9.78 Å². The van der Waals surface area contributed by atoms with Crippen LogP contribution in [0.5, 0.6) is 5.88 Å². The topological polar surface area (TPSA) is 84.0 Å². The highest BCUT2D eigenvalue weighted by atomic mass is 16.6. The summed E-state index contributed by atoms with van der Waals surface area (Å²) in [6, 6.07) is 10.3. The average molecular weight is 507 g/mol. The molecule has 2 saturated heterocycles. The Morgan fingerprint density at radius 3 is 2.46 bits per heavy atom. The molecule has 2 fully saturated rings. The van der Waals surface area contributed by atoms with Crippen molar-refractivity contribution in [2.75, 3.05) is 32.8 Å². The smallest absolute Gasteiger partial charge is 0.410 e. The zero-order valence-corrected chi connectivity index (χ0v) is 21.9. The lowest BCUT2D eigenvalue weighted by molar-refractivity contribution is -0.132. The van der Waals surface area contributed by atoms with Crippen LogP contribution in [0.3, 0.4) is 0 Å². The molecular weight excluding hydrogens is 468 g/mol.